The number of hydrogen-bond donors (Lipinski definition) is 2. The molecule has 25 heavy (non-hydrogen) atoms. The zero-order chi connectivity index (χ0) is 18.2. The number of Topliss-reactive ketones (excluding diaryl/α,β-unsaturated/α-hetero) is 1. The monoisotopic (exact) mass is 356 g/mol. The minimum absolute atomic E-state index is 0.00641. The Kier molecular flexibility index (Phi) is 6.65. The van der Waals surface area contributed by atoms with E-state index in [4.69, 9.17) is 17.0 Å². The number of rotatable bonds is 6. The van der Waals surface area contributed by atoms with Crippen LogP contribution in [0, 0.1) is 0 Å². The van der Waals surface area contributed by atoms with Crippen LogP contribution in [0.3, 0.4) is 0 Å². The number of carbonyl (C=O) groups is 2. The van der Waals surface area contributed by atoms with E-state index in [9.17, 15) is 9.59 Å². The second-order valence-corrected chi connectivity index (χ2v) is 5.84. The van der Waals surface area contributed by atoms with Crippen molar-refractivity contribution in [2.24, 2.45) is 0 Å². The maximum absolute atomic E-state index is 11.8. The van der Waals surface area contributed by atoms with Gasteiger partial charge in [0.05, 0.1) is 12.2 Å². The molecule has 2 N–H and O–H groups in total. The molecule has 0 saturated heterocycles. The maximum atomic E-state index is 11.8. The van der Waals surface area contributed by atoms with Gasteiger partial charge in [-0.05, 0) is 62.0 Å². The summed E-state index contributed by atoms with van der Waals surface area (Å²) in [4.78, 5) is 23.2. The van der Waals surface area contributed by atoms with Crippen LogP contribution in [0.1, 0.15) is 41.0 Å². The van der Waals surface area contributed by atoms with Gasteiger partial charge in [0.15, 0.2) is 10.9 Å². The summed E-state index contributed by atoms with van der Waals surface area (Å²) in [6, 6.07) is 14.0. The lowest BCUT2D eigenvalue weighted by Crippen LogP contribution is -2.19. The zero-order valence-corrected chi connectivity index (χ0v) is 15.0. The number of nitrogens with one attached hydrogen (secondary N) is 2. The Morgan fingerprint density at radius 3 is 2.32 bits per heavy atom. The Labute approximate surface area is 152 Å². The summed E-state index contributed by atoms with van der Waals surface area (Å²) in [5, 5.41) is 6.45. The van der Waals surface area contributed by atoms with Gasteiger partial charge in [0.2, 0.25) is 0 Å². The van der Waals surface area contributed by atoms with Crippen LogP contribution in [0.2, 0.25) is 0 Å². The van der Waals surface area contributed by atoms with Gasteiger partial charge in [0.25, 0.3) is 0 Å². The van der Waals surface area contributed by atoms with Gasteiger partial charge in [-0.15, -0.1) is 0 Å². The van der Waals surface area contributed by atoms with Gasteiger partial charge in [-0.2, -0.15) is 0 Å². The molecular weight excluding hydrogens is 336 g/mol. The predicted molar refractivity (Wildman–Crippen MR) is 103 cm³/mol. The molecular formula is C19H20N2O3S. The maximum Gasteiger partial charge on any atom is 0.338 e. The third kappa shape index (κ3) is 5.69. The van der Waals surface area contributed by atoms with Crippen molar-refractivity contribution in [2.45, 2.75) is 20.3 Å². The van der Waals surface area contributed by atoms with Gasteiger partial charge in [0.1, 0.15) is 0 Å². The second-order valence-electron chi connectivity index (χ2n) is 5.43. The van der Waals surface area contributed by atoms with Crippen LogP contribution >= 0.6 is 12.2 Å². The molecule has 0 saturated carbocycles. The first-order valence-corrected chi connectivity index (χ1v) is 8.36. The van der Waals surface area contributed by atoms with Gasteiger partial charge in [-0.25, -0.2) is 4.79 Å². The first-order chi connectivity index (χ1) is 12.0. The number of esters is 1. The number of thiocarbonyl (C=S) groups is 1. The molecule has 0 atom stereocenters. The summed E-state index contributed by atoms with van der Waals surface area (Å²) in [5.74, 6) is -0.344. The predicted octanol–water partition coefficient (Wildman–Crippen LogP) is 4.26. The number of ketones is 1. The van der Waals surface area contributed by atoms with E-state index in [1.54, 1.807) is 42.5 Å². The third-order valence-electron chi connectivity index (χ3n) is 3.34. The largest absolute Gasteiger partial charge is 0.462 e. The van der Waals surface area contributed by atoms with Crippen molar-refractivity contribution in [3.63, 3.8) is 0 Å². The molecule has 2 aromatic carbocycles. The first kappa shape index (κ1) is 18.6. The molecule has 5 nitrogen and oxygen atoms in total. The highest BCUT2D eigenvalue weighted by molar-refractivity contribution is 7.80. The third-order valence-corrected chi connectivity index (χ3v) is 3.55. The van der Waals surface area contributed by atoms with E-state index in [0.717, 1.165) is 17.8 Å². The number of ether oxygens (including phenoxy) is 1. The van der Waals surface area contributed by atoms with Crippen molar-refractivity contribution in [1.29, 1.82) is 0 Å². The number of anilines is 2. The highest BCUT2D eigenvalue weighted by Gasteiger charge is 2.07. The van der Waals surface area contributed by atoms with E-state index < -0.39 is 0 Å². The molecule has 0 unspecified atom stereocenters. The van der Waals surface area contributed by atoms with Gasteiger partial charge >= 0.3 is 5.97 Å². The van der Waals surface area contributed by atoms with Crippen LogP contribution in [-0.2, 0) is 4.74 Å². The van der Waals surface area contributed by atoms with Crippen molar-refractivity contribution in [2.75, 3.05) is 17.2 Å². The average Bonchev–Trinajstić information content (AvgIpc) is 2.60. The lowest BCUT2D eigenvalue weighted by Gasteiger charge is -2.11. The molecule has 0 aliphatic heterocycles. The molecule has 0 heterocycles. The van der Waals surface area contributed by atoms with Crippen molar-refractivity contribution >= 4 is 40.5 Å². The molecule has 0 fully saturated rings. The fourth-order valence-electron chi connectivity index (χ4n) is 2.08. The van der Waals surface area contributed by atoms with Crippen LogP contribution in [0.25, 0.3) is 0 Å². The SMILES string of the molecule is CCCOC(=O)c1ccc(NC(=S)Nc2cccc(C(C)=O)c2)cc1. The fourth-order valence-corrected chi connectivity index (χ4v) is 2.31. The van der Waals surface area contributed by atoms with Crippen LogP contribution in [0.15, 0.2) is 48.5 Å². The molecule has 0 amide bonds. The van der Waals surface area contributed by atoms with E-state index in [1.165, 1.54) is 6.92 Å². The Morgan fingerprint density at radius 1 is 1.00 bits per heavy atom. The molecule has 2 aromatic rings. The quantitative estimate of drug-likeness (QED) is 0.458. The lowest BCUT2D eigenvalue weighted by molar-refractivity contribution is 0.0505. The number of benzene rings is 2. The van der Waals surface area contributed by atoms with Gasteiger partial charge in [-0.1, -0.05) is 19.1 Å². The number of hydrogen-bond acceptors (Lipinski definition) is 4. The van der Waals surface area contributed by atoms with Gasteiger partial charge in [-0.3, -0.25) is 4.79 Å². The molecule has 2 rings (SSSR count). The van der Waals surface area contributed by atoms with Crippen molar-refractivity contribution < 1.29 is 14.3 Å². The summed E-state index contributed by atoms with van der Waals surface area (Å²) in [7, 11) is 0. The molecule has 130 valence electrons. The van der Waals surface area contributed by atoms with Crippen LogP contribution in [0.5, 0.6) is 0 Å². The summed E-state index contributed by atoms with van der Waals surface area (Å²) in [6.45, 7) is 3.87. The van der Waals surface area contributed by atoms with E-state index in [-0.39, 0.29) is 11.8 Å². The van der Waals surface area contributed by atoms with E-state index in [2.05, 4.69) is 10.6 Å². The molecule has 0 aromatic heterocycles. The summed E-state index contributed by atoms with van der Waals surface area (Å²) in [6.07, 6.45) is 0.788. The van der Waals surface area contributed by atoms with Gasteiger partial charge < -0.3 is 15.4 Å². The lowest BCUT2D eigenvalue weighted by atomic mass is 10.1. The van der Waals surface area contributed by atoms with E-state index >= 15 is 0 Å². The average molecular weight is 356 g/mol. The van der Waals surface area contributed by atoms with Crippen LogP contribution in [0.4, 0.5) is 11.4 Å². The Balaban J connectivity index is 1.95. The van der Waals surface area contributed by atoms with Crippen molar-refractivity contribution in [3.05, 3.63) is 59.7 Å². The van der Waals surface area contributed by atoms with Crippen LogP contribution in [-0.4, -0.2) is 23.5 Å². The molecule has 0 aliphatic carbocycles. The van der Waals surface area contributed by atoms with Crippen molar-refractivity contribution in [1.82, 2.24) is 0 Å². The van der Waals surface area contributed by atoms with E-state index in [1.807, 2.05) is 13.0 Å². The molecule has 0 spiro atoms. The molecule has 0 radical (unpaired) electrons. The highest BCUT2D eigenvalue weighted by atomic mass is 32.1. The topological polar surface area (TPSA) is 67.4 Å². The Morgan fingerprint density at radius 2 is 1.68 bits per heavy atom. The Bertz CT molecular complexity index is 772. The molecule has 6 heteroatoms. The van der Waals surface area contributed by atoms with E-state index in [0.29, 0.717) is 22.8 Å². The highest BCUT2D eigenvalue weighted by Crippen LogP contribution is 2.14. The Hall–Kier alpha value is -2.73. The number of carbonyl (C=O) groups excluding carboxylic acids is 2. The zero-order valence-electron chi connectivity index (χ0n) is 14.2. The standard InChI is InChI=1S/C19H20N2O3S/c1-3-11-24-18(23)14-7-9-16(10-8-14)20-19(25)21-17-6-4-5-15(12-17)13(2)22/h4-10,12H,3,11H2,1-2H3,(H2,20,21,25). The fraction of sp³-hybridized carbons (Fsp3) is 0.211. The molecule has 0 bridgehead atoms. The summed E-state index contributed by atoms with van der Waals surface area (Å²) < 4.78 is 5.08. The minimum atomic E-state index is -0.338. The first-order valence-electron chi connectivity index (χ1n) is 7.96. The summed E-state index contributed by atoms with van der Waals surface area (Å²) >= 11 is 5.27. The smallest absolute Gasteiger partial charge is 0.338 e. The second kappa shape index (κ2) is 8.94. The summed E-state index contributed by atoms with van der Waals surface area (Å²) in [5.41, 5.74) is 2.58. The van der Waals surface area contributed by atoms with Crippen LogP contribution < -0.4 is 10.6 Å². The normalized spacial score (nSPS) is 10.0. The van der Waals surface area contributed by atoms with Gasteiger partial charge in [0, 0.05) is 16.9 Å². The molecule has 0 aliphatic rings. The minimum Gasteiger partial charge on any atom is -0.462 e. The van der Waals surface area contributed by atoms with Crippen molar-refractivity contribution in [3.8, 4) is 0 Å².